The van der Waals surface area contributed by atoms with Gasteiger partial charge in [0.15, 0.2) is 0 Å². The monoisotopic (exact) mass is 271 g/mol. The number of benzene rings is 1. The molecular weight excluding hydrogens is 250 g/mol. The number of fused-ring (bicyclic) bond motifs is 1. The van der Waals surface area contributed by atoms with Crippen LogP contribution < -0.4 is 10.6 Å². The van der Waals surface area contributed by atoms with E-state index in [0.29, 0.717) is 12.2 Å². The number of anilines is 1. The minimum atomic E-state index is -0.108. The number of rotatable bonds is 6. The number of carbonyl (C=O) groups excluding carboxylic acids is 1. The first-order chi connectivity index (χ1) is 9.76. The van der Waals surface area contributed by atoms with Crippen molar-refractivity contribution in [3.63, 3.8) is 0 Å². The third kappa shape index (κ3) is 3.26. The van der Waals surface area contributed by atoms with E-state index < -0.39 is 0 Å². The number of para-hydroxylation sites is 1. The molecule has 0 aliphatic carbocycles. The van der Waals surface area contributed by atoms with E-state index in [-0.39, 0.29) is 5.91 Å². The lowest BCUT2D eigenvalue weighted by molar-refractivity contribution is 0.0948. The minimum absolute atomic E-state index is 0.108. The van der Waals surface area contributed by atoms with Gasteiger partial charge in [-0.05, 0) is 25.5 Å². The molecule has 2 N–H and O–H groups in total. The molecule has 1 heterocycles. The van der Waals surface area contributed by atoms with Gasteiger partial charge in [0.1, 0.15) is 5.69 Å². The van der Waals surface area contributed by atoms with Crippen LogP contribution in [0.3, 0.4) is 0 Å². The Morgan fingerprint density at radius 1 is 1.25 bits per heavy atom. The Labute approximate surface area is 119 Å². The van der Waals surface area contributed by atoms with Crippen molar-refractivity contribution in [1.82, 2.24) is 10.3 Å². The van der Waals surface area contributed by atoms with E-state index in [2.05, 4.69) is 22.5 Å². The summed E-state index contributed by atoms with van der Waals surface area (Å²) in [7, 11) is 0. The molecule has 0 saturated heterocycles. The van der Waals surface area contributed by atoms with Crippen molar-refractivity contribution < 1.29 is 4.79 Å². The molecule has 0 aliphatic rings. The van der Waals surface area contributed by atoms with Crippen molar-refractivity contribution in [2.75, 3.05) is 18.4 Å². The molecule has 0 unspecified atom stereocenters. The summed E-state index contributed by atoms with van der Waals surface area (Å²) in [5, 5.41) is 7.24. The first-order valence-corrected chi connectivity index (χ1v) is 7.18. The Morgan fingerprint density at radius 2 is 2.05 bits per heavy atom. The Kier molecular flexibility index (Phi) is 4.93. The number of hydrogen-bond acceptors (Lipinski definition) is 3. The van der Waals surface area contributed by atoms with Gasteiger partial charge in [0.05, 0.1) is 5.52 Å². The van der Waals surface area contributed by atoms with Crippen molar-refractivity contribution >= 4 is 22.5 Å². The van der Waals surface area contributed by atoms with Crippen molar-refractivity contribution in [2.45, 2.75) is 26.7 Å². The lowest BCUT2D eigenvalue weighted by Gasteiger charge is -2.10. The lowest BCUT2D eigenvalue weighted by Crippen LogP contribution is -2.25. The van der Waals surface area contributed by atoms with Crippen LogP contribution in [0.15, 0.2) is 30.3 Å². The van der Waals surface area contributed by atoms with Gasteiger partial charge < -0.3 is 10.6 Å². The third-order valence-corrected chi connectivity index (χ3v) is 3.13. The van der Waals surface area contributed by atoms with Gasteiger partial charge in [0.25, 0.3) is 5.91 Å². The van der Waals surface area contributed by atoms with Gasteiger partial charge in [-0.25, -0.2) is 4.98 Å². The zero-order valence-electron chi connectivity index (χ0n) is 12.1. The van der Waals surface area contributed by atoms with E-state index in [9.17, 15) is 4.79 Å². The molecule has 0 atom stereocenters. The first-order valence-electron chi connectivity index (χ1n) is 7.18. The second kappa shape index (κ2) is 6.89. The molecule has 1 aromatic carbocycles. The van der Waals surface area contributed by atoms with Crippen LogP contribution in [0.25, 0.3) is 10.9 Å². The van der Waals surface area contributed by atoms with Crippen LogP contribution in [0.5, 0.6) is 0 Å². The summed E-state index contributed by atoms with van der Waals surface area (Å²) < 4.78 is 0. The molecule has 0 aliphatic heterocycles. The van der Waals surface area contributed by atoms with Crippen LogP contribution in [-0.4, -0.2) is 24.0 Å². The number of amides is 1. The summed E-state index contributed by atoms with van der Waals surface area (Å²) in [6.07, 6.45) is 2.05. The highest BCUT2D eigenvalue weighted by molar-refractivity contribution is 5.99. The number of unbranched alkanes of at least 4 members (excludes halogenated alkanes) is 1. The summed E-state index contributed by atoms with van der Waals surface area (Å²) in [5.74, 6) is -0.108. The average molecular weight is 271 g/mol. The fourth-order valence-corrected chi connectivity index (χ4v) is 2.10. The highest BCUT2D eigenvalue weighted by Gasteiger charge is 2.11. The molecule has 0 bridgehead atoms. The number of nitrogens with one attached hydrogen (secondary N) is 2. The molecule has 0 spiro atoms. The second-order valence-electron chi connectivity index (χ2n) is 4.71. The second-order valence-corrected chi connectivity index (χ2v) is 4.71. The molecule has 1 aromatic heterocycles. The summed E-state index contributed by atoms with van der Waals surface area (Å²) in [6, 6.07) is 9.68. The van der Waals surface area contributed by atoms with E-state index in [0.717, 1.165) is 36.0 Å². The maximum atomic E-state index is 12.1. The van der Waals surface area contributed by atoms with Crippen LogP contribution in [-0.2, 0) is 0 Å². The lowest BCUT2D eigenvalue weighted by atomic mass is 10.1. The molecule has 0 radical (unpaired) electrons. The predicted molar refractivity (Wildman–Crippen MR) is 83.1 cm³/mol. The highest BCUT2D eigenvalue weighted by Crippen LogP contribution is 2.22. The third-order valence-electron chi connectivity index (χ3n) is 3.13. The van der Waals surface area contributed by atoms with Crippen LogP contribution in [0.1, 0.15) is 37.2 Å². The Hall–Kier alpha value is -2.10. The Bertz CT molecular complexity index is 595. The molecular formula is C16H21N3O. The van der Waals surface area contributed by atoms with E-state index in [1.54, 1.807) is 0 Å². The molecule has 106 valence electrons. The predicted octanol–water partition coefficient (Wildman–Crippen LogP) is 3.20. The largest absolute Gasteiger partial charge is 0.385 e. The van der Waals surface area contributed by atoms with Gasteiger partial charge in [-0.1, -0.05) is 31.5 Å². The number of pyridine rings is 1. The summed E-state index contributed by atoms with van der Waals surface area (Å²) in [4.78, 5) is 16.6. The number of aromatic nitrogens is 1. The topological polar surface area (TPSA) is 54.0 Å². The fourth-order valence-electron chi connectivity index (χ4n) is 2.10. The Morgan fingerprint density at radius 3 is 2.80 bits per heavy atom. The van der Waals surface area contributed by atoms with Gasteiger partial charge in [0, 0.05) is 24.2 Å². The van der Waals surface area contributed by atoms with Crippen molar-refractivity contribution in [2.24, 2.45) is 0 Å². The standard InChI is InChI=1S/C16H21N3O/c1-3-5-10-18-16(20)15-11-14(17-4-2)12-8-6-7-9-13(12)19-15/h6-9,11H,3-5,10H2,1-2H3,(H,17,19)(H,18,20). The van der Waals surface area contributed by atoms with Crippen LogP contribution in [0.4, 0.5) is 5.69 Å². The maximum absolute atomic E-state index is 12.1. The van der Waals surface area contributed by atoms with Crippen LogP contribution in [0.2, 0.25) is 0 Å². The summed E-state index contributed by atoms with van der Waals surface area (Å²) in [5.41, 5.74) is 2.26. The van der Waals surface area contributed by atoms with Gasteiger partial charge in [0.2, 0.25) is 0 Å². The van der Waals surface area contributed by atoms with E-state index >= 15 is 0 Å². The fraction of sp³-hybridized carbons (Fsp3) is 0.375. The molecule has 2 rings (SSSR count). The molecule has 0 saturated carbocycles. The SMILES string of the molecule is CCCCNC(=O)c1cc(NCC)c2ccccc2n1. The number of carbonyl (C=O) groups is 1. The first kappa shape index (κ1) is 14.3. The summed E-state index contributed by atoms with van der Waals surface area (Å²) >= 11 is 0. The number of nitrogens with zero attached hydrogens (tertiary/aromatic N) is 1. The van der Waals surface area contributed by atoms with Crippen molar-refractivity contribution in [1.29, 1.82) is 0 Å². The molecule has 1 amide bonds. The normalized spacial score (nSPS) is 10.5. The summed E-state index contributed by atoms with van der Waals surface area (Å²) in [6.45, 7) is 5.64. The zero-order chi connectivity index (χ0) is 14.4. The molecule has 20 heavy (non-hydrogen) atoms. The highest BCUT2D eigenvalue weighted by atomic mass is 16.1. The van der Waals surface area contributed by atoms with Gasteiger partial charge >= 0.3 is 0 Å². The van der Waals surface area contributed by atoms with E-state index in [1.807, 2.05) is 37.3 Å². The smallest absolute Gasteiger partial charge is 0.269 e. The van der Waals surface area contributed by atoms with Gasteiger partial charge in [-0.15, -0.1) is 0 Å². The molecule has 2 aromatic rings. The van der Waals surface area contributed by atoms with Crippen molar-refractivity contribution in [3.05, 3.63) is 36.0 Å². The zero-order valence-corrected chi connectivity index (χ0v) is 12.1. The Balaban J connectivity index is 2.31. The van der Waals surface area contributed by atoms with Crippen LogP contribution >= 0.6 is 0 Å². The molecule has 0 fully saturated rings. The molecule has 4 nitrogen and oxygen atoms in total. The molecule has 4 heteroatoms. The average Bonchev–Trinajstić information content (AvgIpc) is 2.47. The number of hydrogen-bond donors (Lipinski definition) is 2. The minimum Gasteiger partial charge on any atom is -0.385 e. The maximum Gasteiger partial charge on any atom is 0.269 e. The van der Waals surface area contributed by atoms with Crippen molar-refractivity contribution in [3.8, 4) is 0 Å². The van der Waals surface area contributed by atoms with E-state index in [1.165, 1.54) is 0 Å². The van der Waals surface area contributed by atoms with Gasteiger partial charge in [-0.2, -0.15) is 0 Å². The van der Waals surface area contributed by atoms with Gasteiger partial charge in [-0.3, -0.25) is 4.79 Å². The van der Waals surface area contributed by atoms with E-state index in [4.69, 9.17) is 0 Å². The van der Waals surface area contributed by atoms with Crippen LogP contribution in [0, 0.1) is 0 Å². The quantitative estimate of drug-likeness (QED) is 0.793.